The molecule has 6 rings (SSSR count). The van der Waals surface area contributed by atoms with Crippen molar-refractivity contribution in [3.8, 4) is 5.75 Å². The number of sulfone groups is 1. The summed E-state index contributed by atoms with van der Waals surface area (Å²) in [6.45, 7) is 1.42. The van der Waals surface area contributed by atoms with Gasteiger partial charge >= 0.3 is 0 Å². The van der Waals surface area contributed by atoms with Crippen molar-refractivity contribution < 1.29 is 32.6 Å². The van der Waals surface area contributed by atoms with Crippen molar-refractivity contribution in [3.05, 3.63) is 59.2 Å². The third kappa shape index (κ3) is 7.11. The molecule has 10 nitrogen and oxygen atoms in total. The maximum atomic E-state index is 13.7. The first kappa shape index (κ1) is 31.0. The summed E-state index contributed by atoms with van der Waals surface area (Å²) in [5, 5.41) is 16.8. The topological polar surface area (TPSA) is 134 Å². The average molecular weight is 626 g/mol. The molecule has 2 amide bonds. The molecule has 2 aromatic carbocycles. The largest absolute Gasteiger partial charge is 0.493 e. The number of fused-ring (bicyclic) bond motifs is 5. The Labute approximate surface area is 259 Å². The van der Waals surface area contributed by atoms with Gasteiger partial charge in [-0.2, -0.15) is 0 Å². The standard InChI is InChI=1S/C33H43N3O7S/c1-44(40,41)26-10-6-21(7-11-26)19-36-20-24-17-28(36)33(39)34-18-31-29(37)13-9-25(43-31)14-15-42-30-16-23(22-4-2-3-5-22)8-12-27(30)32(38)35-24/h6-8,10-12,16,22,24-25,28-29,31,37H,2-5,9,13-15,17-20H2,1H3,(H,34,39)(H,35,38)/t24-,25-,28-,29-,31+/m0/s1. The Balaban J connectivity index is 1.26. The molecule has 11 heteroatoms. The average Bonchev–Trinajstić information content (AvgIpc) is 3.67. The van der Waals surface area contributed by atoms with E-state index in [2.05, 4.69) is 10.6 Å². The number of likely N-dealkylation sites (tertiary alicyclic amines) is 1. The second kappa shape index (κ2) is 13.2. The van der Waals surface area contributed by atoms with Crippen molar-refractivity contribution in [1.82, 2.24) is 15.5 Å². The Kier molecular flexibility index (Phi) is 9.28. The lowest BCUT2D eigenvalue weighted by Gasteiger charge is -2.34. The molecule has 238 valence electrons. The molecule has 44 heavy (non-hydrogen) atoms. The number of carbonyl (C=O) groups excluding carboxylic acids is 2. The van der Waals surface area contributed by atoms with Crippen molar-refractivity contribution in [2.75, 3.05) is 26.0 Å². The predicted molar refractivity (Wildman–Crippen MR) is 164 cm³/mol. The van der Waals surface area contributed by atoms with E-state index in [1.54, 1.807) is 24.3 Å². The Morgan fingerprint density at radius 2 is 1.77 bits per heavy atom. The van der Waals surface area contributed by atoms with Crippen LogP contribution in [0.1, 0.15) is 78.8 Å². The van der Waals surface area contributed by atoms with Crippen LogP contribution in [-0.4, -0.2) is 86.6 Å². The summed E-state index contributed by atoms with van der Waals surface area (Å²) < 4.78 is 36.4. The van der Waals surface area contributed by atoms with E-state index in [1.165, 1.54) is 24.7 Å². The van der Waals surface area contributed by atoms with Gasteiger partial charge in [-0.1, -0.05) is 31.0 Å². The maximum Gasteiger partial charge on any atom is 0.255 e. The molecule has 4 bridgehead atoms. The van der Waals surface area contributed by atoms with Crippen LogP contribution in [0.25, 0.3) is 0 Å². The number of amides is 2. The van der Waals surface area contributed by atoms with Gasteiger partial charge in [0.05, 0.1) is 35.3 Å². The van der Waals surface area contributed by atoms with Crippen LogP contribution in [0.15, 0.2) is 47.4 Å². The van der Waals surface area contributed by atoms with E-state index in [9.17, 15) is 23.1 Å². The van der Waals surface area contributed by atoms with Gasteiger partial charge in [-0.15, -0.1) is 0 Å². The number of ether oxygens (including phenoxy) is 2. The summed E-state index contributed by atoms with van der Waals surface area (Å²) in [6.07, 6.45) is 6.88. The number of aliphatic hydroxyl groups is 1. The van der Waals surface area contributed by atoms with Gasteiger partial charge in [0, 0.05) is 38.4 Å². The molecule has 4 aliphatic rings. The first-order chi connectivity index (χ1) is 21.1. The lowest BCUT2D eigenvalue weighted by atomic mass is 9.95. The minimum Gasteiger partial charge on any atom is -0.493 e. The molecule has 0 aromatic heterocycles. The molecule has 3 N–H and O–H groups in total. The van der Waals surface area contributed by atoms with E-state index in [-0.39, 0.29) is 35.4 Å². The fourth-order valence-corrected chi connectivity index (χ4v) is 7.75. The molecule has 1 aliphatic carbocycles. The zero-order valence-corrected chi connectivity index (χ0v) is 26.1. The fraction of sp³-hybridized carbons (Fsp3) is 0.576. The number of aliphatic hydroxyl groups excluding tert-OH is 1. The summed E-state index contributed by atoms with van der Waals surface area (Å²) in [7, 11) is -3.32. The zero-order chi connectivity index (χ0) is 30.8. The van der Waals surface area contributed by atoms with E-state index < -0.39 is 28.1 Å². The quantitative estimate of drug-likeness (QED) is 0.473. The van der Waals surface area contributed by atoms with Crippen molar-refractivity contribution >= 4 is 21.7 Å². The number of nitrogens with one attached hydrogen (secondary N) is 2. The Morgan fingerprint density at radius 1 is 1.00 bits per heavy atom. The number of nitrogens with zero attached hydrogens (tertiary/aromatic N) is 1. The lowest BCUT2D eigenvalue weighted by molar-refractivity contribution is -0.133. The van der Waals surface area contributed by atoms with Gasteiger partial charge in [-0.3, -0.25) is 14.5 Å². The number of rotatable bonds is 4. The molecule has 2 aromatic rings. The van der Waals surface area contributed by atoms with Crippen LogP contribution < -0.4 is 15.4 Å². The third-order valence-electron chi connectivity index (χ3n) is 9.61. The highest BCUT2D eigenvalue weighted by atomic mass is 32.2. The minimum atomic E-state index is -3.32. The highest BCUT2D eigenvalue weighted by Gasteiger charge is 2.39. The van der Waals surface area contributed by atoms with Gasteiger partial charge in [0.2, 0.25) is 5.91 Å². The van der Waals surface area contributed by atoms with E-state index >= 15 is 0 Å². The van der Waals surface area contributed by atoms with Crippen LogP contribution in [-0.2, 0) is 25.9 Å². The number of hydrogen-bond acceptors (Lipinski definition) is 8. The number of hydrogen-bond donors (Lipinski definition) is 3. The number of benzene rings is 2. The lowest BCUT2D eigenvalue weighted by Crippen LogP contribution is -2.50. The monoisotopic (exact) mass is 625 g/mol. The molecule has 0 radical (unpaired) electrons. The molecule has 2 saturated heterocycles. The van der Waals surface area contributed by atoms with Crippen LogP contribution in [0.5, 0.6) is 5.75 Å². The van der Waals surface area contributed by atoms with E-state index in [4.69, 9.17) is 9.47 Å². The van der Waals surface area contributed by atoms with Gasteiger partial charge in [0.25, 0.3) is 5.91 Å². The SMILES string of the molecule is CS(=O)(=O)c1ccc(CN2C[C@@H]3C[C@H]2C(=O)NC[C@H]2O[C@H](CCOc4cc(C5CCCC5)ccc4C(=O)N3)CC[C@@H]2O)cc1. The first-order valence-electron chi connectivity index (χ1n) is 15.9. The Hall–Kier alpha value is -2.99. The second-order valence-electron chi connectivity index (χ2n) is 12.8. The molecule has 0 unspecified atom stereocenters. The second-order valence-corrected chi connectivity index (χ2v) is 14.8. The van der Waals surface area contributed by atoms with Crippen molar-refractivity contribution in [2.24, 2.45) is 0 Å². The van der Waals surface area contributed by atoms with E-state index in [1.807, 2.05) is 23.1 Å². The van der Waals surface area contributed by atoms with Crippen LogP contribution in [0.3, 0.4) is 0 Å². The normalized spacial score (nSPS) is 29.0. The van der Waals surface area contributed by atoms with Crippen LogP contribution >= 0.6 is 0 Å². The van der Waals surface area contributed by atoms with Gasteiger partial charge in [-0.05, 0) is 73.4 Å². The van der Waals surface area contributed by atoms with Crippen molar-refractivity contribution in [1.29, 1.82) is 0 Å². The highest BCUT2D eigenvalue weighted by molar-refractivity contribution is 7.90. The smallest absolute Gasteiger partial charge is 0.255 e. The van der Waals surface area contributed by atoms with Gasteiger partial charge in [0.1, 0.15) is 11.9 Å². The summed E-state index contributed by atoms with van der Waals surface area (Å²) in [5.74, 6) is 0.627. The zero-order valence-electron chi connectivity index (χ0n) is 25.2. The van der Waals surface area contributed by atoms with Gasteiger partial charge in [0.15, 0.2) is 9.84 Å². The highest BCUT2D eigenvalue weighted by Crippen LogP contribution is 2.37. The summed E-state index contributed by atoms with van der Waals surface area (Å²) >= 11 is 0. The van der Waals surface area contributed by atoms with Gasteiger partial charge < -0.3 is 25.2 Å². The molecular weight excluding hydrogens is 582 g/mol. The molecule has 5 atom stereocenters. The molecule has 3 aliphatic heterocycles. The molecule has 0 spiro atoms. The molecular formula is C33H43N3O7S. The summed E-state index contributed by atoms with van der Waals surface area (Å²) in [4.78, 5) is 29.5. The Bertz CT molecular complexity index is 1460. The van der Waals surface area contributed by atoms with Crippen LogP contribution in [0, 0.1) is 0 Å². The minimum absolute atomic E-state index is 0.120. The van der Waals surface area contributed by atoms with Crippen molar-refractivity contribution in [2.45, 2.75) is 99.1 Å². The van der Waals surface area contributed by atoms with Crippen LogP contribution in [0.2, 0.25) is 0 Å². The Morgan fingerprint density at radius 3 is 2.52 bits per heavy atom. The van der Waals surface area contributed by atoms with E-state index in [0.29, 0.717) is 62.6 Å². The number of carbonyl (C=O) groups is 2. The first-order valence-corrected chi connectivity index (χ1v) is 17.7. The third-order valence-corrected chi connectivity index (χ3v) is 10.7. The predicted octanol–water partition coefficient (Wildman–Crippen LogP) is 2.93. The van der Waals surface area contributed by atoms with Crippen molar-refractivity contribution in [3.63, 3.8) is 0 Å². The summed E-state index contributed by atoms with van der Waals surface area (Å²) in [6, 6.07) is 11.8. The van der Waals surface area contributed by atoms with E-state index in [0.717, 1.165) is 18.4 Å². The van der Waals surface area contributed by atoms with Crippen LogP contribution in [0.4, 0.5) is 0 Å². The van der Waals surface area contributed by atoms with Gasteiger partial charge in [-0.25, -0.2) is 8.42 Å². The molecule has 3 fully saturated rings. The maximum absolute atomic E-state index is 13.7. The molecule has 1 saturated carbocycles. The summed E-state index contributed by atoms with van der Waals surface area (Å²) in [5.41, 5.74) is 2.54. The molecule has 3 heterocycles. The fourth-order valence-electron chi connectivity index (χ4n) is 7.12.